The predicted octanol–water partition coefficient (Wildman–Crippen LogP) is 3.42. The zero-order chi connectivity index (χ0) is 18.6. The molecule has 0 spiro atoms. The summed E-state index contributed by atoms with van der Waals surface area (Å²) in [4.78, 5) is 28.6. The third-order valence-electron chi connectivity index (χ3n) is 4.26. The van der Waals surface area contributed by atoms with Gasteiger partial charge in [0.05, 0.1) is 6.04 Å². The van der Waals surface area contributed by atoms with E-state index < -0.39 is 0 Å². The number of carbonyl (C=O) groups excluding carboxylic acids is 2. The number of hydrogen-bond donors (Lipinski definition) is 1. The maximum Gasteiger partial charge on any atom is 0.317 e. The molecular weight excluding hydrogens is 314 g/mol. The summed E-state index contributed by atoms with van der Waals surface area (Å²) in [6, 6.07) is 7.72. The Bertz CT molecular complexity index is 585. The van der Waals surface area contributed by atoms with Crippen LogP contribution in [0.25, 0.3) is 0 Å². The van der Waals surface area contributed by atoms with E-state index in [2.05, 4.69) is 33.0 Å². The Morgan fingerprint density at radius 2 is 1.72 bits per heavy atom. The zero-order valence-corrected chi connectivity index (χ0v) is 16.1. The molecule has 2 rings (SSSR count). The SMILES string of the molecule is Cc1ccc(N2CC(NC(=O)N(CC(C)C)CC(C)C)CC2=O)cc1. The molecule has 1 unspecified atom stereocenters. The highest BCUT2D eigenvalue weighted by molar-refractivity contribution is 5.96. The van der Waals surface area contributed by atoms with Crippen molar-refractivity contribution in [1.82, 2.24) is 10.2 Å². The lowest BCUT2D eigenvalue weighted by molar-refractivity contribution is -0.117. The highest BCUT2D eigenvalue weighted by Gasteiger charge is 2.32. The molecule has 5 nitrogen and oxygen atoms in total. The summed E-state index contributed by atoms with van der Waals surface area (Å²) in [6.07, 6.45) is 0.358. The Balaban J connectivity index is 1.99. The van der Waals surface area contributed by atoms with E-state index in [9.17, 15) is 9.59 Å². The van der Waals surface area contributed by atoms with E-state index in [4.69, 9.17) is 0 Å². The number of nitrogens with zero attached hydrogens (tertiary/aromatic N) is 2. The van der Waals surface area contributed by atoms with Gasteiger partial charge in [-0.15, -0.1) is 0 Å². The molecule has 0 aliphatic carbocycles. The van der Waals surface area contributed by atoms with E-state index in [-0.39, 0.29) is 18.0 Å². The topological polar surface area (TPSA) is 52.7 Å². The molecule has 1 atom stereocenters. The van der Waals surface area contributed by atoms with Gasteiger partial charge in [0.1, 0.15) is 0 Å². The van der Waals surface area contributed by atoms with E-state index in [1.807, 2.05) is 36.1 Å². The van der Waals surface area contributed by atoms with Crippen molar-refractivity contribution in [1.29, 1.82) is 0 Å². The number of hydrogen-bond acceptors (Lipinski definition) is 2. The molecule has 1 aliphatic rings. The predicted molar refractivity (Wildman–Crippen MR) is 102 cm³/mol. The molecule has 0 aromatic heterocycles. The lowest BCUT2D eigenvalue weighted by atomic mass is 10.1. The minimum Gasteiger partial charge on any atom is -0.333 e. The molecule has 1 fully saturated rings. The summed E-state index contributed by atoms with van der Waals surface area (Å²) >= 11 is 0. The molecule has 1 aliphatic heterocycles. The molecule has 1 aromatic carbocycles. The second-order valence-corrected chi connectivity index (χ2v) is 7.88. The minimum atomic E-state index is -0.136. The van der Waals surface area contributed by atoms with Crippen LogP contribution in [0.15, 0.2) is 24.3 Å². The number of anilines is 1. The summed E-state index contributed by atoms with van der Waals surface area (Å²) in [5.41, 5.74) is 2.06. The van der Waals surface area contributed by atoms with Crippen molar-refractivity contribution in [3.63, 3.8) is 0 Å². The maximum absolute atomic E-state index is 12.6. The van der Waals surface area contributed by atoms with Crippen molar-refractivity contribution in [3.8, 4) is 0 Å². The van der Waals surface area contributed by atoms with Crippen LogP contribution < -0.4 is 10.2 Å². The molecule has 5 heteroatoms. The van der Waals surface area contributed by atoms with E-state index in [1.165, 1.54) is 5.56 Å². The fourth-order valence-corrected chi connectivity index (χ4v) is 3.17. The number of carbonyl (C=O) groups is 2. The van der Waals surface area contributed by atoms with Crippen LogP contribution in [0.4, 0.5) is 10.5 Å². The first-order chi connectivity index (χ1) is 11.8. The largest absolute Gasteiger partial charge is 0.333 e. The maximum atomic E-state index is 12.6. The third-order valence-corrected chi connectivity index (χ3v) is 4.26. The van der Waals surface area contributed by atoms with E-state index in [0.717, 1.165) is 18.8 Å². The molecular formula is C20H31N3O2. The van der Waals surface area contributed by atoms with Crippen molar-refractivity contribution < 1.29 is 9.59 Å². The van der Waals surface area contributed by atoms with Crippen molar-refractivity contribution in [2.45, 2.75) is 47.1 Å². The van der Waals surface area contributed by atoms with Gasteiger partial charge in [0.2, 0.25) is 5.91 Å². The van der Waals surface area contributed by atoms with Crippen LogP contribution in [-0.4, -0.2) is 42.5 Å². The summed E-state index contributed by atoms with van der Waals surface area (Å²) in [5, 5.41) is 3.06. The Hall–Kier alpha value is -2.04. The van der Waals surface area contributed by atoms with Gasteiger partial charge in [0, 0.05) is 31.7 Å². The first-order valence-electron chi connectivity index (χ1n) is 9.18. The fourth-order valence-electron chi connectivity index (χ4n) is 3.17. The Morgan fingerprint density at radius 3 is 2.24 bits per heavy atom. The summed E-state index contributed by atoms with van der Waals surface area (Å²) in [5.74, 6) is 0.894. The number of nitrogens with one attached hydrogen (secondary N) is 1. The third kappa shape index (κ3) is 5.48. The quantitative estimate of drug-likeness (QED) is 0.859. The van der Waals surface area contributed by atoms with E-state index in [1.54, 1.807) is 4.90 Å². The van der Waals surface area contributed by atoms with Crippen molar-refractivity contribution in [2.75, 3.05) is 24.5 Å². The van der Waals surface area contributed by atoms with Crippen molar-refractivity contribution in [3.05, 3.63) is 29.8 Å². The standard InChI is InChI=1S/C20H31N3O2/c1-14(2)11-22(12-15(3)4)20(25)21-17-10-19(24)23(13-17)18-8-6-16(5)7-9-18/h6-9,14-15,17H,10-13H2,1-5H3,(H,21,25). The summed E-state index contributed by atoms with van der Waals surface area (Å²) in [6.45, 7) is 12.5. The first-order valence-corrected chi connectivity index (χ1v) is 9.18. The monoisotopic (exact) mass is 345 g/mol. The number of urea groups is 1. The van der Waals surface area contributed by atoms with Crippen LogP contribution in [0.3, 0.4) is 0 Å². The normalized spacial score (nSPS) is 17.5. The van der Waals surface area contributed by atoms with Crippen LogP contribution in [-0.2, 0) is 4.79 Å². The van der Waals surface area contributed by atoms with Crippen molar-refractivity contribution in [2.24, 2.45) is 11.8 Å². The van der Waals surface area contributed by atoms with Crippen molar-refractivity contribution >= 4 is 17.6 Å². The first kappa shape index (κ1) is 19.3. The van der Waals surface area contributed by atoms with Crippen LogP contribution in [0.1, 0.15) is 39.7 Å². The van der Waals surface area contributed by atoms with Crippen LogP contribution >= 0.6 is 0 Å². The number of rotatable bonds is 6. The van der Waals surface area contributed by atoms with Crippen LogP contribution in [0.2, 0.25) is 0 Å². The Labute approximate surface area is 151 Å². The van der Waals surface area contributed by atoms with Gasteiger partial charge in [-0.3, -0.25) is 4.79 Å². The second kappa shape index (κ2) is 8.37. The highest BCUT2D eigenvalue weighted by atomic mass is 16.2. The Morgan fingerprint density at radius 1 is 1.16 bits per heavy atom. The highest BCUT2D eigenvalue weighted by Crippen LogP contribution is 2.22. The minimum absolute atomic E-state index is 0.0634. The lowest BCUT2D eigenvalue weighted by Gasteiger charge is -2.28. The molecule has 1 aromatic rings. The number of benzene rings is 1. The molecule has 1 N–H and O–H groups in total. The second-order valence-electron chi connectivity index (χ2n) is 7.88. The Kier molecular flexibility index (Phi) is 6.45. The average molecular weight is 345 g/mol. The molecule has 1 heterocycles. The molecule has 25 heavy (non-hydrogen) atoms. The van der Waals surface area contributed by atoms with Gasteiger partial charge in [-0.25, -0.2) is 4.79 Å². The lowest BCUT2D eigenvalue weighted by Crippen LogP contribution is -2.48. The molecule has 3 amide bonds. The van der Waals surface area contributed by atoms with Gasteiger partial charge in [0.25, 0.3) is 0 Å². The number of aryl methyl sites for hydroxylation is 1. The summed E-state index contributed by atoms with van der Waals surface area (Å²) in [7, 11) is 0. The molecule has 138 valence electrons. The molecule has 0 bridgehead atoms. The van der Waals surface area contributed by atoms with Gasteiger partial charge >= 0.3 is 6.03 Å². The smallest absolute Gasteiger partial charge is 0.317 e. The van der Waals surface area contributed by atoms with Gasteiger partial charge in [0.15, 0.2) is 0 Å². The van der Waals surface area contributed by atoms with Crippen LogP contribution in [0.5, 0.6) is 0 Å². The zero-order valence-electron chi connectivity index (χ0n) is 16.1. The molecule has 0 saturated carbocycles. The summed E-state index contributed by atoms with van der Waals surface area (Å²) < 4.78 is 0. The van der Waals surface area contributed by atoms with E-state index in [0.29, 0.717) is 24.8 Å². The van der Waals surface area contributed by atoms with Gasteiger partial charge in [-0.05, 0) is 30.9 Å². The van der Waals surface area contributed by atoms with Crippen LogP contribution in [0, 0.1) is 18.8 Å². The number of amides is 3. The molecule has 1 saturated heterocycles. The molecule has 0 radical (unpaired) electrons. The average Bonchev–Trinajstić information content (AvgIpc) is 2.87. The fraction of sp³-hybridized carbons (Fsp3) is 0.600. The van der Waals surface area contributed by atoms with Gasteiger partial charge < -0.3 is 15.1 Å². The van der Waals surface area contributed by atoms with Gasteiger partial charge in [-0.2, -0.15) is 0 Å². The van der Waals surface area contributed by atoms with Gasteiger partial charge in [-0.1, -0.05) is 45.4 Å². The van der Waals surface area contributed by atoms with E-state index >= 15 is 0 Å².